The van der Waals surface area contributed by atoms with Gasteiger partial charge in [-0.3, -0.25) is 4.79 Å². The third-order valence-electron chi connectivity index (χ3n) is 2.03. The molecule has 1 heterocycles. The quantitative estimate of drug-likeness (QED) is 0.716. The van der Waals surface area contributed by atoms with Crippen molar-refractivity contribution in [1.82, 2.24) is 4.98 Å². The van der Waals surface area contributed by atoms with Crippen molar-refractivity contribution in [2.24, 2.45) is 0 Å². The lowest BCUT2D eigenvalue weighted by Crippen LogP contribution is -1.99. The number of aliphatic carboxylic acids is 1. The van der Waals surface area contributed by atoms with Crippen LogP contribution in [0, 0.1) is 6.92 Å². The van der Waals surface area contributed by atoms with E-state index in [1.54, 1.807) is 12.3 Å². The average Bonchev–Trinajstić information content (AvgIpc) is 2.45. The molecule has 3 heteroatoms. The van der Waals surface area contributed by atoms with Gasteiger partial charge in [0.15, 0.2) is 0 Å². The largest absolute Gasteiger partial charge is 0.481 e. The number of hydrogen-bond donors (Lipinski definition) is 2. The number of H-pyrrole nitrogens is 1. The lowest BCUT2D eigenvalue weighted by molar-refractivity contribution is -0.136. The van der Waals surface area contributed by atoms with E-state index in [0.717, 1.165) is 16.8 Å². The number of allylic oxidation sites excluding steroid dienone is 2. The minimum atomic E-state index is -0.814. The number of carbonyl (C=O) groups is 1. The number of aromatic amines is 1. The molecule has 1 aromatic rings. The van der Waals surface area contributed by atoms with E-state index in [-0.39, 0.29) is 6.42 Å². The van der Waals surface area contributed by atoms with Crippen LogP contribution in [0.2, 0.25) is 0 Å². The topological polar surface area (TPSA) is 53.1 Å². The van der Waals surface area contributed by atoms with Crippen molar-refractivity contribution in [3.05, 3.63) is 41.7 Å². The number of carboxylic acids is 1. The van der Waals surface area contributed by atoms with Gasteiger partial charge in [0, 0.05) is 11.9 Å². The summed E-state index contributed by atoms with van der Waals surface area (Å²) in [6, 6.07) is 0. The summed E-state index contributed by atoms with van der Waals surface area (Å²) in [4.78, 5) is 13.5. The van der Waals surface area contributed by atoms with Gasteiger partial charge in [0.2, 0.25) is 0 Å². The molecule has 0 atom stereocenters. The highest BCUT2D eigenvalue weighted by molar-refractivity contribution is 5.71. The molecular weight excluding hydrogens is 178 g/mol. The van der Waals surface area contributed by atoms with Crippen molar-refractivity contribution in [2.75, 3.05) is 0 Å². The van der Waals surface area contributed by atoms with Crippen LogP contribution in [0.25, 0.3) is 6.08 Å². The van der Waals surface area contributed by atoms with E-state index in [4.69, 9.17) is 5.11 Å². The molecule has 0 unspecified atom stereocenters. The van der Waals surface area contributed by atoms with E-state index >= 15 is 0 Å². The van der Waals surface area contributed by atoms with Crippen LogP contribution in [-0.2, 0) is 11.2 Å². The first kappa shape index (κ1) is 10.3. The number of aromatic nitrogens is 1. The first-order valence-electron chi connectivity index (χ1n) is 4.33. The van der Waals surface area contributed by atoms with E-state index in [9.17, 15) is 4.79 Å². The molecule has 3 nitrogen and oxygen atoms in total. The van der Waals surface area contributed by atoms with Crippen LogP contribution < -0.4 is 0 Å². The zero-order valence-corrected chi connectivity index (χ0v) is 8.08. The third kappa shape index (κ3) is 2.36. The Bertz CT molecular complexity index is 375. The van der Waals surface area contributed by atoms with Crippen LogP contribution in [0.15, 0.2) is 24.9 Å². The predicted octanol–water partition coefficient (Wildman–Crippen LogP) is 2.15. The molecule has 0 saturated heterocycles. The lowest BCUT2D eigenvalue weighted by Gasteiger charge is -1.94. The molecule has 1 aromatic heterocycles. The molecule has 1 rings (SSSR count). The van der Waals surface area contributed by atoms with Crippen LogP contribution in [0.1, 0.15) is 16.8 Å². The van der Waals surface area contributed by atoms with Crippen molar-refractivity contribution < 1.29 is 9.90 Å². The number of nitrogens with one attached hydrogen (secondary N) is 1. The highest BCUT2D eigenvalue weighted by atomic mass is 16.4. The van der Waals surface area contributed by atoms with Crippen LogP contribution in [0.4, 0.5) is 0 Å². The molecule has 0 radical (unpaired) electrons. The van der Waals surface area contributed by atoms with Crippen LogP contribution >= 0.6 is 0 Å². The van der Waals surface area contributed by atoms with Gasteiger partial charge in [0.25, 0.3) is 0 Å². The summed E-state index contributed by atoms with van der Waals surface area (Å²) in [5, 5.41) is 8.63. The Labute approximate surface area is 82.8 Å². The molecule has 0 bridgehead atoms. The predicted molar refractivity (Wildman–Crippen MR) is 56.1 cm³/mol. The molecule has 14 heavy (non-hydrogen) atoms. The Hall–Kier alpha value is -1.77. The van der Waals surface area contributed by atoms with Crippen LogP contribution in [0.3, 0.4) is 0 Å². The minimum Gasteiger partial charge on any atom is -0.481 e. The smallest absolute Gasteiger partial charge is 0.307 e. The molecule has 0 aliphatic rings. The summed E-state index contributed by atoms with van der Waals surface area (Å²) in [6.45, 7) is 5.47. The molecule has 0 fully saturated rings. The SMILES string of the molecule is C=C/C=C\c1[nH]cc(CC(=O)O)c1C. The Morgan fingerprint density at radius 3 is 3.00 bits per heavy atom. The first-order chi connectivity index (χ1) is 6.65. The molecule has 74 valence electrons. The Morgan fingerprint density at radius 2 is 2.43 bits per heavy atom. The van der Waals surface area contributed by atoms with Gasteiger partial charge in [-0.2, -0.15) is 0 Å². The Kier molecular flexibility index (Phi) is 3.29. The van der Waals surface area contributed by atoms with Gasteiger partial charge in [0.05, 0.1) is 6.42 Å². The second-order valence-corrected chi connectivity index (χ2v) is 3.02. The second kappa shape index (κ2) is 4.46. The van der Waals surface area contributed by atoms with E-state index < -0.39 is 5.97 Å². The van der Waals surface area contributed by atoms with Crippen molar-refractivity contribution in [3.8, 4) is 0 Å². The maximum atomic E-state index is 10.5. The molecule has 2 N–H and O–H groups in total. The molecule has 0 amide bonds. The molecule has 0 aliphatic heterocycles. The lowest BCUT2D eigenvalue weighted by atomic mass is 10.1. The standard InChI is InChI=1S/C11H13NO2/c1-3-4-5-10-8(2)9(7-12-10)6-11(13)14/h3-5,7,12H,1,6H2,2H3,(H,13,14)/b5-4-. The maximum absolute atomic E-state index is 10.5. The summed E-state index contributed by atoms with van der Waals surface area (Å²) >= 11 is 0. The summed E-state index contributed by atoms with van der Waals surface area (Å²) in [5.74, 6) is -0.814. The fourth-order valence-corrected chi connectivity index (χ4v) is 1.24. The highest BCUT2D eigenvalue weighted by Crippen LogP contribution is 2.14. The molecule has 0 spiro atoms. The first-order valence-corrected chi connectivity index (χ1v) is 4.33. The van der Waals surface area contributed by atoms with Crippen LogP contribution in [-0.4, -0.2) is 16.1 Å². The molecule has 0 aromatic carbocycles. The minimum absolute atomic E-state index is 0.0598. The van der Waals surface area contributed by atoms with Gasteiger partial charge in [0.1, 0.15) is 0 Å². The van der Waals surface area contributed by atoms with E-state index in [2.05, 4.69) is 11.6 Å². The molecule has 0 aliphatic carbocycles. The highest BCUT2D eigenvalue weighted by Gasteiger charge is 2.07. The average molecular weight is 191 g/mol. The third-order valence-corrected chi connectivity index (χ3v) is 2.03. The van der Waals surface area contributed by atoms with E-state index in [1.165, 1.54) is 0 Å². The summed E-state index contributed by atoms with van der Waals surface area (Å²) in [7, 11) is 0. The van der Waals surface area contributed by atoms with Gasteiger partial charge >= 0.3 is 5.97 Å². The monoisotopic (exact) mass is 191 g/mol. The fourth-order valence-electron chi connectivity index (χ4n) is 1.24. The van der Waals surface area contributed by atoms with E-state index in [1.807, 2.05) is 19.1 Å². The Balaban J connectivity index is 2.90. The summed E-state index contributed by atoms with van der Waals surface area (Å²) < 4.78 is 0. The zero-order valence-electron chi connectivity index (χ0n) is 8.08. The van der Waals surface area contributed by atoms with Gasteiger partial charge in [-0.05, 0) is 24.1 Å². The van der Waals surface area contributed by atoms with E-state index in [0.29, 0.717) is 0 Å². The van der Waals surface area contributed by atoms with Gasteiger partial charge in [-0.25, -0.2) is 0 Å². The van der Waals surface area contributed by atoms with Crippen molar-refractivity contribution in [1.29, 1.82) is 0 Å². The number of hydrogen-bond acceptors (Lipinski definition) is 1. The number of rotatable bonds is 4. The Morgan fingerprint density at radius 1 is 1.71 bits per heavy atom. The van der Waals surface area contributed by atoms with Crippen molar-refractivity contribution >= 4 is 12.0 Å². The van der Waals surface area contributed by atoms with Gasteiger partial charge in [-0.15, -0.1) is 0 Å². The van der Waals surface area contributed by atoms with Crippen molar-refractivity contribution in [2.45, 2.75) is 13.3 Å². The number of carboxylic acid groups (broad SMARTS) is 1. The van der Waals surface area contributed by atoms with Crippen LogP contribution in [0.5, 0.6) is 0 Å². The summed E-state index contributed by atoms with van der Waals surface area (Å²) in [6.07, 6.45) is 7.14. The van der Waals surface area contributed by atoms with Gasteiger partial charge in [-0.1, -0.05) is 18.7 Å². The zero-order chi connectivity index (χ0) is 10.6. The maximum Gasteiger partial charge on any atom is 0.307 e. The molecular formula is C11H13NO2. The van der Waals surface area contributed by atoms with Gasteiger partial charge < -0.3 is 10.1 Å². The summed E-state index contributed by atoms with van der Waals surface area (Å²) in [5.41, 5.74) is 2.73. The second-order valence-electron chi connectivity index (χ2n) is 3.02. The normalized spacial score (nSPS) is 10.6. The van der Waals surface area contributed by atoms with Crippen molar-refractivity contribution in [3.63, 3.8) is 0 Å². The fraction of sp³-hybridized carbons (Fsp3) is 0.182. The molecule has 0 saturated carbocycles.